The van der Waals surface area contributed by atoms with Crippen LogP contribution in [0.5, 0.6) is 0 Å². The number of rotatable bonds is 4. The molecule has 0 N–H and O–H groups in total. The fourth-order valence-corrected chi connectivity index (χ4v) is 2.16. The second-order valence-electron chi connectivity index (χ2n) is 3.31. The lowest BCUT2D eigenvalue weighted by Gasteiger charge is -2.02. The van der Waals surface area contributed by atoms with Crippen molar-refractivity contribution in [3.05, 3.63) is 21.3 Å². The molecule has 0 atom stereocenters. The van der Waals surface area contributed by atoms with Gasteiger partial charge in [0.1, 0.15) is 5.78 Å². The topological polar surface area (TPSA) is 17.1 Å². The van der Waals surface area contributed by atoms with Crippen LogP contribution in [0.1, 0.15) is 25.1 Å². The molecule has 0 fully saturated rings. The Morgan fingerprint density at radius 3 is 2.77 bits per heavy atom. The number of ketones is 1. The van der Waals surface area contributed by atoms with Gasteiger partial charge in [-0.1, -0.05) is 25.4 Å². The molecule has 0 bridgehead atoms. The number of hydrogen-bond donors (Lipinski definition) is 0. The van der Waals surface area contributed by atoms with E-state index in [4.69, 9.17) is 11.6 Å². The molecule has 0 unspecified atom stereocenters. The van der Waals surface area contributed by atoms with Crippen LogP contribution in [0, 0.1) is 5.92 Å². The van der Waals surface area contributed by atoms with Crippen LogP contribution in [0.15, 0.2) is 11.4 Å². The van der Waals surface area contributed by atoms with E-state index in [0.29, 0.717) is 12.2 Å². The number of thiophene rings is 1. The normalized spacial score (nSPS) is 10.8. The van der Waals surface area contributed by atoms with Crippen LogP contribution in [-0.4, -0.2) is 5.78 Å². The highest BCUT2D eigenvalue weighted by atomic mass is 35.5. The summed E-state index contributed by atoms with van der Waals surface area (Å²) in [5, 5.41) is 2.75. The lowest BCUT2D eigenvalue weighted by Crippen LogP contribution is -2.07. The summed E-state index contributed by atoms with van der Waals surface area (Å²) in [4.78, 5) is 12.4. The smallest absolute Gasteiger partial charge is 0.135 e. The maximum atomic E-state index is 11.3. The Morgan fingerprint density at radius 1 is 1.62 bits per heavy atom. The third kappa shape index (κ3) is 3.12. The Labute approximate surface area is 87.7 Å². The maximum Gasteiger partial charge on any atom is 0.135 e. The van der Waals surface area contributed by atoms with Gasteiger partial charge >= 0.3 is 0 Å². The fraction of sp³-hybridized carbons (Fsp3) is 0.500. The van der Waals surface area contributed by atoms with Crippen molar-refractivity contribution in [2.24, 2.45) is 5.92 Å². The van der Waals surface area contributed by atoms with Crippen LogP contribution >= 0.6 is 22.9 Å². The van der Waals surface area contributed by atoms with Gasteiger partial charge in [0.15, 0.2) is 0 Å². The first-order valence-corrected chi connectivity index (χ1v) is 5.61. The van der Waals surface area contributed by atoms with E-state index in [2.05, 4.69) is 0 Å². The maximum absolute atomic E-state index is 11.3. The van der Waals surface area contributed by atoms with Gasteiger partial charge in [-0.05, 0) is 17.9 Å². The Morgan fingerprint density at radius 2 is 2.31 bits per heavy atom. The Kier molecular flexibility index (Phi) is 3.94. The predicted octanol–water partition coefficient (Wildman–Crippen LogP) is 3.56. The van der Waals surface area contributed by atoms with E-state index in [1.165, 1.54) is 0 Å². The second kappa shape index (κ2) is 4.77. The number of carbonyl (C=O) groups is 1. The molecule has 1 heterocycles. The lowest BCUT2D eigenvalue weighted by atomic mass is 10.0. The number of carbonyl (C=O) groups excluding carboxylic acids is 1. The molecular weight excluding hydrogens is 204 g/mol. The van der Waals surface area contributed by atoms with Gasteiger partial charge in [0.2, 0.25) is 0 Å². The summed E-state index contributed by atoms with van der Waals surface area (Å²) in [5.41, 5.74) is 0. The summed E-state index contributed by atoms with van der Waals surface area (Å²) in [7, 11) is 0. The average Bonchev–Trinajstić information content (AvgIpc) is 2.47. The van der Waals surface area contributed by atoms with Crippen molar-refractivity contribution in [3.8, 4) is 0 Å². The summed E-state index contributed by atoms with van der Waals surface area (Å²) in [6.07, 6.45) is 1.39. The summed E-state index contributed by atoms with van der Waals surface area (Å²) in [5.74, 6) is 0.447. The number of halogens is 1. The molecule has 1 aromatic rings. The molecule has 72 valence electrons. The molecule has 0 radical (unpaired) electrons. The third-order valence-corrected chi connectivity index (χ3v) is 3.38. The van der Waals surface area contributed by atoms with Crippen molar-refractivity contribution in [2.75, 3.05) is 0 Å². The zero-order valence-corrected chi connectivity index (χ0v) is 9.41. The summed E-state index contributed by atoms with van der Waals surface area (Å²) in [6, 6.07) is 1.88. The van der Waals surface area contributed by atoms with Crippen molar-refractivity contribution in [2.45, 2.75) is 26.7 Å². The largest absolute Gasteiger partial charge is 0.299 e. The first-order chi connectivity index (χ1) is 6.11. The van der Waals surface area contributed by atoms with Gasteiger partial charge in [-0.25, -0.2) is 0 Å². The molecule has 1 aromatic heterocycles. The van der Waals surface area contributed by atoms with E-state index >= 15 is 0 Å². The highest BCUT2D eigenvalue weighted by Crippen LogP contribution is 2.23. The van der Waals surface area contributed by atoms with Crippen molar-refractivity contribution in [1.29, 1.82) is 0 Å². The molecule has 3 heteroatoms. The first kappa shape index (κ1) is 10.7. The molecule has 1 rings (SSSR count). The molecule has 13 heavy (non-hydrogen) atoms. The summed E-state index contributed by atoms with van der Waals surface area (Å²) < 4.78 is 0. The minimum absolute atomic E-state index is 0.138. The van der Waals surface area contributed by atoms with Crippen molar-refractivity contribution >= 4 is 28.7 Å². The van der Waals surface area contributed by atoms with Crippen LogP contribution in [0.4, 0.5) is 0 Å². The van der Waals surface area contributed by atoms with E-state index in [0.717, 1.165) is 16.3 Å². The Hall–Kier alpha value is -0.340. The molecule has 0 spiro atoms. The van der Waals surface area contributed by atoms with Crippen molar-refractivity contribution in [1.82, 2.24) is 0 Å². The zero-order valence-electron chi connectivity index (χ0n) is 7.84. The number of Topliss-reactive ketones (excluding diaryl/α,β-unsaturated/α-hetero) is 1. The lowest BCUT2D eigenvalue weighted by molar-refractivity contribution is -0.121. The molecule has 0 saturated heterocycles. The molecule has 0 aliphatic carbocycles. The van der Waals surface area contributed by atoms with Gasteiger partial charge in [0.05, 0.1) is 5.02 Å². The monoisotopic (exact) mass is 216 g/mol. The van der Waals surface area contributed by atoms with E-state index in [9.17, 15) is 4.79 Å². The molecule has 0 amide bonds. The minimum atomic E-state index is 0.138. The van der Waals surface area contributed by atoms with Crippen molar-refractivity contribution < 1.29 is 4.79 Å². The van der Waals surface area contributed by atoms with Crippen LogP contribution in [0.3, 0.4) is 0 Å². The van der Waals surface area contributed by atoms with Gasteiger partial charge in [0.25, 0.3) is 0 Å². The molecule has 0 aliphatic heterocycles. The Balaban J connectivity index is 2.44. The van der Waals surface area contributed by atoms with Crippen molar-refractivity contribution in [3.63, 3.8) is 0 Å². The van der Waals surface area contributed by atoms with Gasteiger partial charge < -0.3 is 0 Å². The molecule has 0 aliphatic rings. The van der Waals surface area contributed by atoms with Gasteiger partial charge in [-0.15, -0.1) is 11.3 Å². The van der Waals surface area contributed by atoms with Gasteiger partial charge in [0, 0.05) is 17.2 Å². The third-order valence-electron chi connectivity index (χ3n) is 1.93. The minimum Gasteiger partial charge on any atom is -0.299 e. The van der Waals surface area contributed by atoms with Crippen LogP contribution in [0.25, 0.3) is 0 Å². The van der Waals surface area contributed by atoms with E-state index in [1.54, 1.807) is 11.3 Å². The van der Waals surface area contributed by atoms with Crippen LogP contribution in [-0.2, 0) is 11.2 Å². The average molecular weight is 217 g/mol. The standard InChI is InChI=1S/C10H13ClOS/c1-7(2)9(12)3-4-10-8(11)5-6-13-10/h5-7H,3-4H2,1-2H3. The first-order valence-electron chi connectivity index (χ1n) is 4.36. The van der Waals surface area contributed by atoms with Crippen LogP contribution < -0.4 is 0 Å². The van der Waals surface area contributed by atoms with Gasteiger partial charge in [-0.2, -0.15) is 0 Å². The van der Waals surface area contributed by atoms with E-state index in [-0.39, 0.29) is 5.92 Å². The SMILES string of the molecule is CC(C)C(=O)CCc1sccc1Cl. The van der Waals surface area contributed by atoms with E-state index in [1.807, 2.05) is 25.3 Å². The Bertz CT molecular complexity index is 291. The quantitative estimate of drug-likeness (QED) is 0.752. The van der Waals surface area contributed by atoms with Crippen LogP contribution in [0.2, 0.25) is 5.02 Å². The van der Waals surface area contributed by atoms with Gasteiger partial charge in [-0.3, -0.25) is 4.79 Å². The molecule has 0 saturated carbocycles. The number of hydrogen-bond acceptors (Lipinski definition) is 2. The summed E-state index contributed by atoms with van der Waals surface area (Å²) in [6.45, 7) is 3.86. The predicted molar refractivity (Wildman–Crippen MR) is 57.5 cm³/mol. The van der Waals surface area contributed by atoms with E-state index < -0.39 is 0 Å². The zero-order chi connectivity index (χ0) is 9.84. The summed E-state index contributed by atoms with van der Waals surface area (Å²) >= 11 is 7.52. The highest BCUT2D eigenvalue weighted by Gasteiger charge is 2.09. The fourth-order valence-electron chi connectivity index (χ4n) is 1.03. The molecule has 1 nitrogen and oxygen atoms in total. The molecular formula is C10H13ClOS. The number of aryl methyl sites for hydroxylation is 1. The second-order valence-corrected chi connectivity index (χ2v) is 4.72. The highest BCUT2D eigenvalue weighted by molar-refractivity contribution is 7.10. The molecule has 0 aromatic carbocycles.